The molecule has 0 aromatic heterocycles. The van der Waals surface area contributed by atoms with E-state index < -0.39 is 0 Å². The van der Waals surface area contributed by atoms with Crippen molar-refractivity contribution in [1.29, 1.82) is 0 Å². The summed E-state index contributed by atoms with van der Waals surface area (Å²) < 4.78 is 0. The van der Waals surface area contributed by atoms with E-state index >= 15 is 0 Å². The number of unbranched alkanes of at least 4 members (excludes halogenated alkanes) is 1. The van der Waals surface area contributed by atoms with Crippen LogP contribution in [0, 0.1) is 0 Å². The van der Waals surface area contributed by atoms with Crippen molar-refractivity contribution in [2.45, 2.75) is 26.7 Å². The molecule has 2 aromatic rings. The zero-order valence-corrected chi connectivity index (χ0v) is 18.2. The summed E-state index contributed by atoms with van der Waals surface area (Å²) in [6, 6.07) is 16.1. The maximum atomic E-state index is 12.6. The molecule has 0 spiro atoms. The van der Waals surface area contributed by atoms with Crippen LogP contribution in [-0.2, 0) is 9.59 Å². The number of fused-ring (bicyclic) bond motifs is 1. The molecule has 0 aliphatic carbocycles. The lowest BCUT2D eigenvalue weighted by atomic mass is 10.0. The summed E-state index contributed by atoms with van der Waals surface area (Å²) in [5.41, 5.74) is 4.82. The lowest BCUT2D eigenvalue weighted by Crippen LogP contribution is -2.45. The molecule has 0 saturated carbocycles. The molecule has 1 saturated heterocycles. The van der Waals surface area contributed by atoms with E-state index in [2.05, 4.69) is 30.9 Å². The van der Waals surface area contributed by atoms with Gasteiger partial charge in [-0.3, -0.25) is 9.59 Å². The van der Waals surface area contributed by atoms with Crippen molar-refractivity contribution in [3.8, 4) is 0 Å². The first-order valence-electron chi connectivity index (χ1n) is 10.7. The van der Waals surface area contributed by atoms with Gasteiger partial charge in [-0.1, -0.05) is 57.0 Å². The molecule has 5 nitrogen and oxygen atoms in total. The van der Waals surface area contributed by atoms with Crippen LogP contribution in [0.1, 0.15) is 37.8 Å². The Hall–Kier alpha value is -3.08. The van der Waals surface area contributed by atoms with E-state index in [4.69, 9.17) is 0 Å². The van der Waals surface area contributed by atoms with Gasteiger partial charge in [-0.25, -0.2) is 0 Å². The van der Waals surface area contributed by atoms with Gasteiger partial charge in [0.15, 0.2) is 0 Å². The van der Waals surface area contributed by atoms with Crippen molar-refractivity contribution >= 4 is 35.3 Å². The van der Waals surface area contributed by atoms with E-state index in [0.717, 1.165) is 60.7 Å². The highest BCUT2D eigenvalue weighted by Crippen LogP contribution is 2.36. The molecule has 0 unspecified atom stereocenters. The number of carbonyl (C=O) groups is 2. The number of nitrogens with zero attached hydrogens (tertiary/aromatic N) is 3. The highest BCUT2D eigenvalue weighted by atomic mass is 16.2. The number of para-hydroxylation sites is 1. The molecule has 2 aromatic carbocycles. The number of anilines is 2. The molecule has 0 radical (unpaired) electrons. The van der Waals surface area contributed by atoms with Gasteiger partial charge in [0.2, 0.25) is 6.41 Å². The molecule has 1 fully saturated rings. The molecule has 5 heteroatoms. The van der Waals surface area contributed by atoms with Crippen molar-refractivity contribution in [1.82, 2.24) is 4.90 Å². The van der Waals surface area contributed by atoms with Crippen molar-refractivity contribution < 1.29 is 9.59 Å². The predicted molar refractivity (Wildman–Crippen MR) is 125 cm³/mol. The van der Waals surface area contributed by atoms with Gasteiger partial charge >= 0.3 is 0 Å². The second-order valence-electron chi connectivity index (χ2n) is 7.66. The van der Waals surface area contributed by atoms with E-state index in [0.29, 0.717) is 0 Å². The number of hydrogen-bond acceptors (Lipinski definition) is 3. The summed E-state index contributed by atoms with van der Waals surface area (Å²) in [6.07, 6.45) is 5.51. The van der Waals surface area contributed by atoms with Crippen molar-refractivity contribution in [2.75, 3.05) is 43.0 Å². The Bertz CT molecular complexity index is 895. The molecule has 4 rings (SSSR count). The molecular weight excluding hydrogens is 374 g/mol. The van der Waals surface area contributed by atoms with Crippen LogP contribution in [0.15, 0.2) is 48.5 Å². The zero-order chi connectivity index (χ0) is 21.5. The summed E-state index contributed by atoms with van der Waals surface area (Å²) in [5, 5.41) is 0. The fraction of sp³-hybridized carbons (Fsp3) is 0.360. The Morgan fingerprint density at radius 1 is 0.900 bits per heavy atom. The Morgan fingerprint density at radius 2 is 1.53 bits per heavy atom. The van der Waals surface area contributed by atoms with Crippen LogP contribution in [0.4, 0.5) is 11.4 Å². The SMILES string of the molecule is CCCC.CN1C(=O)/C(=C\c2ccc(N3CCN(C=O)CC3)cc2)c2ccccc21. The first-order valence-corrected chi connectivity index (χ1v) is 10.7. The minimum atomic E-state index is 0.0280. The lowest BCUT2D eigenvalue weighted by Gasteiger charge is -2.34. The standard InChI is InChI=1S/C21H21N3O2.C4H10/c1-22-20-5-3-2-4-18(20)19(21(22)26)14-16-6-8-17(9-7-16)24-12-10-23(15-25)11-13-24;1-3-4-2/h2-9,14-15H,10-13H2,1H3;3-4H2,1-2H3/b19-14-;. The smallest absolute Gasteiger partial charge is 0.258 e. The van der Waals surface area contributed by atoms with E-state index in [1.54, 1.807) is 9.80 Å². The largest absolute Gasteiger partial charge is 0.368 e. The normalized spacial score (nSPS) is 17.0. The van der Waals surface area contributed by atoms with Gasteiger partial charge in [0.05, 0.1) is 5.69 Å². The molecule has 0 atom stereocenters. The van der Waals surface area contributed by atoms with Crippen LogP contribution in [0.25, 0.3) is 11.6 Å². The van der Waals surface area contributed by atoms with Crippen LogP contribution in [-0.4, -0.2) is 50.4 Å². The number of amides is 2. The Labute approximate surface area is 179 Å². The number of carbonyl (C=O) groups excluding carboxylic acids is 2. The summed E-state index contributed by atoms with van der Waals surface area (Å²) in [7, 11) is 1.81. The first kappa shape index (κ1) is 21.6. The highest BCUT2D eigenvalue weighted by molar-refractivity contribution is 6.35. The molecule has 0 N–H and O–H groups in total. The number of likely N-dealkylation sites (N-methyl/N-ethyl adjacent to an activating group) is 1. The topological polar surface area (TPSA) is 43.9 Å². The Kier molecular flexibility index (Phi) is 7.28. The third-order valence-corrected chi connectivity index (χ3v) is 5.62. The molecule has 30 heavy (non-hydrogen) atoms. The molecule has 0 bridgehead atoms. The third kappa shape index (κ3) is 4.73. The van der Waals surface area contributed by atoms with Gasteiger partial charge < -0.3 is 14.7 Å². The summed E-state index contributed by atoms with van der Waals surface area (Å²) in [5.74, 6) is 0.0280. The Morgan fingerprint density at radius 3 is 2.13 bits per heavy atom. The van der Waals surface area contributed by atoms with Gasteiger partial charge in [0.1, 0.15) is 0 Å². The maximum absolute atomic E-state index is 12.6. The maximum Gasteiger partial charge on any atom is 0.258 e. The first-order chi connectivity index (χ1) is 14.6. The number of piperazine rings is 1. The Balaban J connectivity index is 0.000000589. The molecule has 2 heterocycles. The van der Waals surface area contributed by atoms with Crippen molar-refractivity contribution in [3.05, 3.63) is 59.7 Å². The minimum absolute atomic E-state index is 0.0280. The summed E-state index contributed by atoms with van der Waals surface area (Å²) in [6.45, 7) is 7.56. The van der Waals surface area contributed by atoms with E-state index in [1.165, 1.54) is 12.8 Å². The van der Waals surface area contributed by atoms with E-state index in [1.807, 2.05) is 49.5 Å². The number of rotatable bonds is 4. The third-order valence-electron chi connectivity index (χ3n) is 5.62. The summed E-state index contributed by atoms with van der Waals surface area (Å²) in [4.78, 5) is 29.2. The molecular formula is C25H31N3O2. The molecule has 2 amide bonds. The lowest BCUT2D eigenvalue weighted by molar-refractivity contribution is -0.118. The van der Waals surface area contributed by atoms with Crippen molar-refractivity contribution in [3.63, 3.8) is 0 Å². The molecule has 2 aliphatic heterocycles. The quantitative estimate of drug-likeness (QED) is 0.563. The molecule has 2 aliphatic rings. The van der Waals surface area contributed by atoms with Crippen LogP contribution in [0.5, 0.6) is 0 Å². The minimum Gasteiger partial charge on any atom is -0.368 e. The van der Waals surface area contributed by atoms with E-state index in [-0.39, 0.29) is 5.91 Å². The highest BCUT2D eigenvalue weighted by Gasteiger charge is 2.28. The fourth-order valence-electron chi connectivity index (χ4n) is 3.57. The number of benzene rings is 2. The average Bonchev–Trinajstić information content (AvgIpc) is 3.05. The second-order valence-corrected chi connectivity index (χ2v) is 7.66. The predicted octanol–water partition coefficient (Wildman–Crippen LogP) is 4.29. The van der Waals surface area contributed by atoms with Crippen molar-refractivity contribution in [2.24, 2.45) is 0 Å². The number of hydrogen-bond donors (Lipinski definition) is 0. The zero-order valence-electron chi connectivity index (χ0n) is 18.2. The molecule has 158 valence electrons. The van der Waals surface area contributed by atoms with Crippen LogP contribution >= 0.6 is 0 Å². The van der Waals surface area contributed by atoms with E-state index in [9.17, 15) is 9.59 Å². The monoisotopic (exact) mass is 405 g/mol. The van der Waals surface area contributed by atoms with Gasteiger partial charge in [-0.05, 0) is 29.8 Å². The van der Waals surface area contributed by atoms with Crippen LogP contribution in [0.3, 0.4) is 0 Å². The van der Waals surface area contributed by atoms with Crippen LogP contribution < -0.4 is 9.80 Å². The van der Waals surface area contributed by atoms with Gasteiger partial charge in [-0.15, -0.1) is 0 Å². The fourth-order valence-corrected chi connectivity index (χ4v) is 3.57. The second kappa shape index (κ2) is 10.1. The van der Waals surface area contributed by atoms with Gasteiger partial charge in [-0.2, -0.15) is 0 Å². The van der Waals surface area contributed by atoms with Gasteiger partial charge in [0.25, 0.3) is 5.91 Å². The summed E-state index contributed by atoms with van der Waals surface area (Å²) >= 11 is 0. The van der Waals surface area contributed by atoms with Gasteiger partial charge in [0, 0.05) is 50.1 Å². The average molecular weight is 406 g/mol. The van der Waals surface area contributed by atoms with Crippen LogP contribution in [0.2, 0.25) is 0 Å².